The van der Waals surface area contributed by atoms with E-state index in [0.717, 1.165) is 16.2 Å². The number of thioether (sulfide) groups is 1. The van der Waals surface area contributed by atoms with Crippen LogP contribution in [0.2, 0.25) is 5.02 Å². The Morgan fingerprint density at radius 1 is 1.19 bits per heavy atom. The highest BCUT2D eigenvalue weighted by Gasteiger charge is 2.20. The maximum Gasteiger partial charge on any atom is 0.180 e. The van der Waals surface area contributed by atoms with Gasteiger partial charge >= 0.3 is 0 Å². The van der Waals surface area contributed by atoms with Crippen molar-refractivity contribution in [1.29, 1.82) is 5.26 Å². The third-order valence-corrected chi connectivity index (χ3v) is 5.04. The molecular weight excluding hydrogens is 378 g/mol. The molecule has 132 valence electrons. The Labute approximate surface area is 165 Å². The zero-order chi connectivity index (χ0) is 18.8. The molecule has 0 spiro atoms. The van der Waals surface area contributed by atoms with Gasteiger partial charge in [0.2, 0.25) is 0 Å². The van der Waals surface area contributed by atoms with Gasteiger partial charge < -0.3 is 0 Å². The van der Waals surface area contributed by atoms with Gasteiger partial charge in [-0.1, -0.05) is 54.1 Å². The van der Waals surface area contributed by atoms with E-state index in [1.807, 2.05) is 60.9 Å². The van der Waals surface area contributed by atoms with Gasteiger partial charge in [0.05, 0.1) is 0 Å². The number of benzene rings is 2. The van der Waals surface area contributed by atoms with E-state index in [1.54, 1.807) is 10.7 Å². The molecule has 4 rings (SSSR count). The van der Waals surface area contributed by atoms with Gasteiger partial charge in [0, 0.05) is 16.8 Å². The molecule has 2 aromatic heterocycles. The molecule has 0 saturated heterocycles. The van der Waals surface area contributed by atoms with Crippen molar-refractivity contribution in [2.24, 2.45) is 4.99 Å². The lowest BCUT2D eigenvalue weighted by Crippen LogP contribution is -1.87. The van der Waals surface area contributed by atoms with Crippen LogP contribution in [0.1, 0.15) is 11.1 Å². The molecule has 0 aliphatic heterocycles. The maximum atomic E-state index is 9.56. The van der Waals surface area contributed by atoms with Crippen molar-refractivity contribution in [1.82, 2.24) is 14.6 Å². The van der Waals surface area contributed by atoms with Crippen LogP contribution < -0.4 is 0 Å². The third kappa shape index (κ3) is 3.23. The number of aromatic nitrogens is 3. The predicted molar refractivity (Wildman–Crippen MR) is 110 cm³/mol. The first-order valence-electron chi connectivity index (χ1n) is 8.15. The molecule has 0 atom stereocenters. The molecule has 7 heteroatoms. The summed E-state index contributed by atoms with van der Waals surface area (Å²) in [7, 11) is 0. The molecule has 0 aliphatic carbocycles. The zero-order valence-corrected chi connectivity index (χ0v) is 15.9. The van der Waals surface area contributed by atoms with E-state index in [-0.39, 0.29) is 0 Å². The van der Waals surface area contributed by atoms with E-state index in [9.17, 15) is 5.26 Å². The fourth-order valence-electron chi connectivity index (χ4n) is 2.79. The van der Waals surface area contributed by atoms with Crippen LogP contribution in [0.15, 0.2) is 64.6 Å². The lowest BCUT2D eigenvalue weighted by atomic mass is 10.1. The zero-order valence-electron chi connectivity index (χ0n) is 14.3. The predicted octanol–water partition coefficient (Wildman–Crippen LogP) is 5.33. The number of hydrogen-bond donors (Lipinski definition) is 1. The van der Waals surface area contributed by atoms with Crippen molar-refractivity contribution in [2.75, 3.05) is 6.26 Å². The first kappa shape index (κ1) is 17.4. The van der Waals surface area contributed by atoms with Gasteiger partial charge in [-0.15, -0.1) is 11.8 Å². The maximum absolute atomic E-state index is 9.56. The van der Waals surface area contributed by atoms with Crippen molar-refractivity contribution < 1.29 is 0 Å². The van der Waals surface area contributed by atoms with Crippen LogP contribution in [0.5, 0.6) is 0 Å². The Morgan fingerprint density at radius 2 is 1.93 bits per heavy atom. The molecule has 0 aliphatic rings. The second kappa shape index (κ2) is 7.31. The monoisotopic (exact) mass is 391 g/mol. The van der Waals surface area contributed by atoms with Gasteiger partial charge in [0.15, 0.2) is 11.5 Å². The Balaban J connectivity index is 1.93. The minimum absolute atomic E-state index is 0.513. The molecule has 2 heterocycles. The first-order chi connectivity index (χ1) is 13.2. The van der Waals surface area contributed by atoms with E-state index in [0.29, 0.717) is 27.7 Å². The number of nitriles is 1. The Bertz CT molecular complexity index is 1170. The molecule has 4 aromatic rings. The van der Waals surface area contributed by atoms with Crippen LogP contribution in [0.3, 0.4) is 0 Å². The quantitative estimate of drug-likeness (QED) is 0.377. The van der Waals surface area contributed by atoms with Gasteiger partial charge in [-0.05, 0) is 24.0 Å². The van der Waals surface area contributed by atoms with Gasteiger partial charge in [-0.2, -0.15) is 5.26 Å². The molecule has 0 amide bonds. The standard InChI is InChI=1S/C20H14ClN5S/c1-27-20-16(11-22)18-24-17(14-7-9-15(21)10-8-14)19(26(18)25-20)23-12-13-5-3-2-4-6-13/h2-10,12,25H,1H3. The topological polar surface area (TPSA) is 69.2 Å². The fourth-order valence-corrected chi connectivity index (χ4v) is 3.44. The van der Waals surface area contributed by atoms with Crippen LogP contribution in [-0.2, 0) is 0 Å². The summed E-state index contributed by atoms with van der Waals surface area (Å²) in [6.07, 6.45) is 3.70. The fraction of sp³-hybridized carbons (Fsp3) is 0.0500. The number of imidazole rings is 1. The molecule has 2 aromatic carbocycles. The molecule has 5 nitrogen and oxygen atoms in total. The largest absolute Gasteiger partial charge is 0.283 e. The smallest absolute Gasteiger partial charge is 0.180 e. The van der Waals surface area contributed by atoms with E-state index in [2.05, 4.69) is 16.2 Å². The minimum atomic E-state index is 0.513. The number of hydrogen-bond acceptors (Lipinski definition) is 4. The highest BCUT2D eigenvalue weighted by Crippen LogP contribution is 2.34. The number of aromatic amines is 1. The Kier molecular flexibility index (Phi) is 4.71. The minimum Gasteiger partial charge on any atom is -0.283 e. The van der Waals surface area contributed by atoms with Crippen LogP contribution in [-0.4, -0.2) is 27.1 Å². The van der Waals surface area contributed by atoms with Gasteiger partial charge in [-0.25, -0.2) is 14.5 Å². The van der Waals surface area contributed by atoms with Crippen LogP contribution in [0, 0.1) is 11.3 Å². The molecule has 0 unspecified atom stereocenters. The number of aliphatic imine (C=N–C) groups is 1. The van der Waals surface area contributed by atoms with Crippen LogP contribution in [0.4, 0.5) is 5.82 Å². The van der Waals surface area contributed by atoms with E-state index in [4.69, 9.17) is 16.6 Å². The number of fused-ring (bicyclic) bond motifs is 1. The van der Waals surface area contributed by atoms with Crippen LogP contribution in [0.25, 0.3) is 16.9 Å². The lowest BCUT2D eigenvalue weighted by Gasteiger charge is -2.01. The Hall–Kier alpha value is -3.01. The van der Waals surface area contributed by atoms with Crippen molar-refractivity contribution >= 4 is 41.0 Å². The van der Waals surface area contributed by atoms with Crippen molar-refractivity contribution in [3.63, 3.8) is 0 Å². The molecule has 27 heavy (non-hydrogen) atoms. The number of halogens is 1. The van der Waals surface area contributed by atoms with Crippen molar-refractivity contribution in [2.45, 2.75) is 5.03 Å². The summed E-state index contributed by atoms with van der Waals surface area (Å²) >= 11 is 7.49. The van der Waals surface area contributed by atoms with E-state index >= 15 is 0 Å². The number of nitrogens with one attached hydrogen (secondary N) is 1. The van der Waals surface area contributed by atoms with Gasteiger partial charge in [0.25, 0.3) is 0 Å². The first-order valence-corrected chi connectivity index (χ1v) is 9.75. The SMILES string of the molecule is CSc1[nH]n2c(N=Cc3ccccc3)c(-c3ccc(Cl)cc3)nc2c1C#N. The van der Waals surface area contributed by atoms with E-state index in [1.165, 1.54) is 11.8 Å². The molecule has 0 fully saturated rings. The average molecular weight is 392 g/mol. The van der Waals surface area contributed by atoms with Crippen molar-refractivity contribution in [3.8, 4) is 17.3 Å². The van der Waals surface area contributed by atoms with E-state index < -0.39 is 0 Å². The summed E-state index contributed by atoms with van der Waals surface area (Å²) in [6, 6.07) is 19.5. The molecule has 0 bridgehead atoms. The molecule has 0 saturated carbocycles. The van der Waals surface area contributed by atoms with Crippen LogP contribution >= 0.6 is 23.4 Å². The summed E-state index contributed by atoms with van der Waals surface area (Å²) in [5, 5.41) is 14.2. The number of rotatable bonds is 4. The average Bonchev–Trinajstić information content (AvgIpc) is 3.23. The van der Waals surface area contributed by atoms with Gasteiger partial charge in [-0.3, -0.25) is 5.10 Å². The summed E-state index contributed by atoms with van der Waals surface area (Å²) < 4.78 is 1.76. The summed E-state index contributed by atoms with van der Waals surface area (Å²) in [5.74, 6) is 0.632. The molecule has 1 N–H and O–H groups in total. The number of H-pyrrole nitrogens is 1. The number of nitrogens with zero attached hydrogens (tertiary/aromatic N) is 4. The van der Waals surface area contributed by atoms with Crippen molar-refractivity contribution in [3.05, 3.63) is 70.7 Å². The third-order valence-electron chi connectivity index (χ3n) is 4.09. The molecule has 0 radical (unpaired) electrons. The highest BCUT2D eigenvalue weighted by molar-refractivity contribution is 7.98. The molecular formula is C20H14ClN5S. The second-order valence-electron chi connectivity index (χ2n) is 5.75. The second-order valence-corrected chi connectivity index (χ2v) is 7.00. The summed E-state index contributed by atoms with van der Waals surface area (Å²) in [4.78, 5) is 9.38. The lowest BCUT2D eigenvalue weighted by molar-refractivity contribution is 0.909. The summed E-state index contributed by atoms with van der Waals surface area (Å²) in [6.45, 7) is 0. The normalized spacial score (nSPS) is 11.3. The van der Waals surface area contributed by atoms with Gasteiger partial charge in [0.1, 0.15) is 22.4 Å². The Morgan fingerprint density at radius 3 is 2.59 bits per heavy atom. The summed E-state index contributed by atoms with van der Waals surface area (Å²) in [5.41, 5.74) is 3.62. The highest BCUT2D eigenvalue weighted by atomic mass is 35.5.